The fourth-order valence-corrected chi connectivity index (χ4v) is 2.31. The van der Waals surface area contributed by atoms with Gasteiger partial charge in [-0.1, -0.05) is 0 Å². The van der Waals surface area contributed by atoms with Gasteiger partial charge < -0.3 is 0 Å². The number of halogens is 1. The van der Waals surface area contributed by atoms with Crippen LogP contribution in [0.4, 0.5) is 0 Å². The molecule has 0 N–H and O–H groups in total. The number of aromatic nitrogens is 4. The second kappa shape index (κ2) is 4.31. The predicted molar refractivity (Wildman–Crippen MR) is 75.9 cm³/mol. The van der Waals surface area contributed by atoms with E-state index in [-0.39, 0.29) is 5.28 Å². The number of fused-ring (bicyclic) bond motifs is 1. The maximum atomic E-state index is 5.92. The third-order valence-corrected chi connectivity index (χ3v) is 3.39. The summed E-state index contributed by atoms with van der Waals surface area (Å²) >= 11 is 5.92. The average Bonchev–Trinajstić information content (AvgIpc) is 2.71. The van der Waals surface area contributed by atoms with Crippen LogP contribution in [0.5, 0.6) is 0 Å². The molecule has 0 aliphatic carbocycles. The Morgan fingerprint density at radius 3 is 2.47 bits per heavy atom. The number of aryl methyl sites for hydroxylation is 3. The molecule has 0 fully saturated rings. The third-order valence-electron chi connectivity index (χ3n) is 3.22. The number of benzene rings is 1. The molecule has 3 aromatic rings. The zero-order valence-electron chi connectivity index (χ0n) is 11.0. The second-order valence-corrected chi connectivity index (χ2v) is 5.01. The Morgan fingerprint density at radius 2 is 1.74 bits per heavy atom. The predicted octanol–water partition coefficient (Wildman–Crippen LogP) is 3.39. The lowest BCUT2D eigenvalue weighted by molar-refractivity contribution is 0.977. The van der Waals surface area contributed by atoms with Gasteiger partial charge in [-0.15, -0.1) is 0 Å². The highest BCUT2D eigenvalue weighted by Gasteiger charge is 2.09. The van der Waals surface area contributed by atoms with Gasteiger partial charge in [-0.3, -0.25) is 4.57 Å². The van der Waals surface area contributed by atoms with Gasteiger partial charge in [0.1, 0.15) is 12.1 Å². The lowest BCUT2D eigenvalue weighted by Gasteiger charge is -2.06. The normalized spacial score (nSPS) is 11.2. The van der Waals surface area contributed by atoms with Crippen molar-refractivity contribution in [1.29, 1.82) is 0 Å². The van der Waals surface area contributed by atoms with Crippen molar-refractivity contribution in [2.45, 2.75) is 20.8 Å². The second-order valence-electron chi connectivity index (χ2n) is 4.68. The molecule has 19 heavy (non-hydrogen) atoms. The number of hydrogen-bond donors (Lipinski definition) is 0. The van der Waals surface area contributed by atoms with Crippen molar-refractivity contribution >= 4 is 22.6 Å². The first-order chi connectivity index (χ1) is 9.04. The quantitative estimate of drug-likeness (QED) is 0.638. The summed E-state index contributed by atoms with van der Waals surface area (Å²) in [6.07, 6.45) is 1.77. The van der Waals surface area contributed by atoms with Crippen molar-refractivity contribution in [3.8, 4) is 5.82 Å². The van der Waals surface area contributed by atoms with E-state index in [9.17, 15) is 0 Å². The zero-order valence-corrected chi connectivity index (χ0v) is 11.7. The van der Waals surface area contributed by atoms with Gasteiger partial charge in [0.2, 0.25) is 5.28 Å². The molecule has 4 nitrogen and oxygen atoms in total. The van der Waals surface area contributed by atoms with E-state index in [2.05, 4.69) is 40.9 Å². The van der Waals surface area contributed by atoms with Gasteiger partial charge in [0.25, 0.3) is 0 Å². The molecule has 3 rings (SSSR count). The Hall–Kier alpha value is -1.94. The molecule has 0 unspecified atom stereocenters. The van der Waals surface area contributed by atoms with E-state index in [4.69, 9.17) is 11.6 Å². The smallest absolute Gasteiger partial charge is 0.224 e. The lowest BCUT2D eigenvalue weighted by atomic mass is 10.1. The first-order valence-corrected chi connectivity index (χ1v) is 6.38. The summed E-state index contributed by atoms with van der Waals surface area (Å²) in [5.41, 5.74) is 5.27. The Morgan fingerprint density at radius 1 is 1.00 bits per heavy atom. The minimum absolute atomic E-state index is 0.251. The summed E-state index contributed by atoms with van der Waals surface area (Å²) in [6, 6.07) is 6.09. The Balaban J connectivity index is 2.28. The molecule has 0 bridgehead atoms. The molecule has 96 valence electrons. The van der Waals surface area contributed by atoms with E-state index in [1.165, 1.54) is 11.1 Å². The number of rotatable bonds is 1. The van der Waals surface area contributed by atoms with Crippen LogP contribution in [0.15, 0.2) is 24.5 Å². The first kappa shape index (κ1) is 12.1. The molecular formula is C14H13ClN4. The highest BCUT2D eigenvalue weighted by Crippen LogP contribution is 2.21. The fourth-order valence-electron chi connectivity index (χ4n) is 2.09. The summed E-state index contributed by atoms with van der Waals surface area (Å²) < 4.78 is 1.93. The van der Waals surface area contributed by atoms with Crippen LogP contribution in [-0.2, 0) is 0 Å². The molecular weight excluding hydrogens is 260 g/mol. The maximum Gasteiger partial charge on any atom is 0.224 e. The largest absolute Gasteiger partial charge is 0.283 e. The first-order valence-electron chi connectivity index (χ1n) is 6.00. The number of nitrogens with zero attached hydrogens (tertiary/aromatic N) is 4. The number of hydrogen-bond acceptors (Lipinski definition) is 3. The Kier molecular flexibility index (Phi) is 2.75. The molecule has 5 heteroatoms. The van der Waals surface area contributed by atoms with Crippen LogP contribution in [0.1, 0.15) is 16.8 Å². The zero-order chi connectivity index (χ0) is 13.6. The molecule has 0 spiro atoms. The molecule has 0 radical (unpaired) electrons. The van der Waals surface area contributed by atoms with Gasteiger partial charge in [0.15, 0.2) is 0 Å². The highest BCUT2D eigenvalue weighted by molar-refractivity contribution is 6.28. The standard InChI is InChI=1S/C14H13ClN4/c1-8-4-11-12(5-9(8)2)19(7-16-11)13-6-10(3)17-14(15)18-13/h4-7H,1-3H3. The highest BCUT2D eigenvalue weighted by atomic mass is 35.5. The van der Waals surface area contributed by atoms with Gasteiger partial charge in [-0.2, -0.15) is 4.98 Å². The minimum atomic E-state index is 0.251. The molecule has 0 atom stereocenters. The molecule has 1 aromatic carbocycles. The SMILES string of the molecule is Cc1cc(-n2cnc3cc(C)c(C)cc32)nc(Cl)n1. The van der Waals surface area contributed by atoms with E-state index in [0.717, 1.165) is 22.5 Å². The van der Waals surface area contributed by atoms with Gasteiger partial charge in [0.05, 0.1) is 11.0 Å². The third kappa shape index (κ3) is 2.08. The van der Waals surface area contributed by atoms with E-state index in [0.29, 0.717) is 0 Å². The van der Waals surface area contributed by atoms with Gasteiger partial charge in [-0.05, 0) is 55.6 Å². The van der Waals surface area contributed by atoms with Gasteiger partial charge in [0, 0.05) is 11.8 Å². The van der Waals surface area contributed by atoms with E-state index in [1.807, 2.05) is 17.6 Å². The molecule has 0 aliphatic heterocycles. The van der Waals surface area contributed by atoms with Gasteiger partial charge in [-0.25, -0.2) is 9.97 Å². The van der Waals surface area contributed by atoms with Gasteiger partial charge >= 0.3 is 0 Å². The van der Waals surface area contributed by atoms with Crippen molar-refractivity contribution in [1.82, 2.24) is 19.5 Å². The van der Waals surface area contributed by atoms with E-state index < -0.39 is 0 Å². The summed E-state index contributed by atoms with van der Waals surface area (Å²) in [7, 11) is 0. The number of imidazole rings is 1. The van der Waals surface area contributed by atoms with Crippen LogP contribution in [0, 0.1) is 20.8 Å². The molecule has 2 heterocycles. The van der Waals surface area contributed by atoms with Crippen LogP contribution >= 0.6 is 11.6 Å². The Bertz CT molecular complexity index is 756. The molecule has 2 aromatic heterocycles. The van der Waals surface area contributed by atoms with Crippen LogP contribution in [0.25, 0.3) is 16.9 Å². The van der Waals surface area contributed by atoms with Crippen molar-refractivity contribution in [3.05, 3.63) is 46.6 Å². The van der Waals surface area contributed by atoms with Crippen LogP contribution in [0.3, 0.4) is 0 Å². The summed E-state index contributed by atoms with van der Waals surface area (Å²) in [5, 5.41) is 0.251. The van der Waals surface area contributed by atoms with Crippen molar-refractivity contribution in [3.63, 3.8) is 0 Å². The van der Waals surface area contributed by atoms with Crippen molar-refractivity contribution in [2.24, 2.45) is 0 Å². The van der Waals surface area contributed by atoms with Crippen LogP contribution in [-0.4, -0.2) is 19.5 Å². The summed E-state index contributed by atoms with van der Waals surface area (Å²) in [6.45, 7) is 6.06. The van der Waals surface area contributed by atoms with Crippen LogP contribution < -0.4 is 0 Å². The maximum absolute atomic E-state index is 5.92. The minimum Gasteiger partial charge on any atom is -0.283 e. The monoisotopic (exact) mass is 272 g/mol. The molecule has 0 amide bonds. The van der Waals surface area contributed by atoms with Crippen molar-refractivity contribution in [2.75, 3.05) is 0 Å². The van der Waals surface area contributed by atoms with Crippen molar-refractivity contribution < 1.29 is 0 Å². The fraction of sp³-hybridized carbons (Fsp3) is 0.214. The van der Waals surface area contributed by atoms with E-state index >= 15 is 0 Å². The molecule has 0 saturated heterocycles. The summed E-state index contributed by atoms with van der Waals surface area (Å²) in [5.74, 6) is 0.739. The average molecular weight is 273 g/mol. The van der Waals surface area contributed by atoms with E-state index in [1.54, 1.807) is 6.33 Å². The Labute approximate surface area is 116 Å². The lowest BCUT2D eigenvalue weighted by Crippen LogP contribution is -1.99. The topological polar surface area (TPSA) is 43.6 Å². The summed E-state index contributed by atoms with van der Waals surface area (Å²) in [4.78, 5) is 12.7. The van der Waals surface area contributed by atoms with Crippen LogP contribution in [0.2, 0.25) is 5.28 Å². The molecule has 0 saturated carbocycles. The molecule has 0 aliphatic rings.